The predicted octanol–water partition coefficient (Wildman–Crippen LogP) is 3.49. The van der Waals surface area contributed by atoms with Crippen molar-refractivity contribution in [3.05, 3.63) is 23.8 Å². The van der Waals surface area contributed by atoms with Crippen molar-refractivity contribution >= 4 is 11.6 Å². The molecule has 2 rings (SSSR count). The molecule has 5 heteroatoms. The van der Waals surface area contributed by atoms with Crippen molar-refractivity contribution in [2.45, 2.75) is 45.1 Å². The molecule has 0 radical (unpaired) electrons. The first-order valence-corrected chi connectivity index (χ1v) is 8.08. The summed E-state index contributed by atoms with van der Waals surface area (Å²) in [4.78, 5) is 12.8. The SMILES string of the molecule is CCOC1(C(=O)Nc2ccc(OC)c(C#N)c2)CCC(C)CC1. The maximum absolute atomic E-state index is 12.8. The van der Waals surface area contributed by atoms with Gasteiger partial charge in [0.2, 0.25) is 0 Å². The highest BCUT2D eigenvalue weighted by atomic mass is 16.5. The summed E-state index contributed by atoms with van der Waals surface area (Å²) in [5.41, 5.74) is 0.228. The molecule has 1 N–H and O–H groups in total. The maximum Gasteiger partial charge on any atom is 0.256 e. The van der Waals surface area contributed by atoms with Gasteiger partial charge in [0.05, 0.1) is 12.7 Å². The second-order valence-electron chi connectivity index (χ2n) is 6.09. The Balaban J connectivity index is 2.17. The van der Waals surface area contributed by atoms with Crippen molar-refractivity contribution < 1.29 is 14.3 Å². The minimum atomic E-state index is -0.756. The monoisotopic (exact) mass is 316 g/mol. The highest BCUT2D eigenvalue weighted by Gasteiger charge is 2.41. The van der Waals surface area contributed by atoms with Gasteiger partial charge in [0.15, 0.2) is 0 Å². The van der Waals surface area contributed by atoms with Crippen LogP contribution in [0.1, 0.15) is 45.1 Å². The summed E-state index contributed by atoms with van der Waals surface area (Å²) in [5.74, 6) is 0.999. The zero-order chi connectivity index (χ0) is 16.9. The average molecular weight is 316 g/mol. The number of carbonyl (C=O) groups is 1. The van der Waals surface area contributed by atoms with Crippen molar-refractivity contribution in [3.8, 4) is 11.8 Å². The number of ether oxygens (including phenoxy) is 2. The Bertz CT molecular complexity index is 599. The number of carbonyl (C=O) groups excluding carboxylic acids is 1. The first-order chi connectivity index (χ1) is 11.0. The van der Waals surface area contributed by atoms with E-state index in [4.69, 9.17) is 14.7 Å². The zero-order valence-electron chi connectivity index (χ0n) is 14.0. The van der Waals surface area contributed by atoms with Crippen LogP contribution >= 0.6 is 0 Å². The number of nitriles is 1. The van der Waals surface area contributed by atoms with Crippen LogP contribution in [0.2, 0.25) is 0 Å². The second kappa shape index (κ2) is 7.47. The molecule has 0 spiro atoms. The molecule has 0 saturated heterocycles. The van der Waals surface area contributed by atoms with Crippen molar-refractivity contribution in [1.29, 1.82) is 5.26 Å². The van der Waals surface area contributed by atoms with E-state index in [-0.39, 0.29) is 5.91 Å². The molecule has 1 aliphatic carbocycles. The van der Waals surface area contributed by atoms with E-state index in [1.165, 1.54) is 7.11 Å². The molecule has 0 atom stereocenters. The Hall–Kier alpha value is -2.06. The quantitative estimate of drug-likeness (QED) is 0.902. The summed E-state index contributed by atoms with van der Waals surface area (Å²) in [6, 6.07) is 7.12. The first kappa shape index (κ1) is 17.3. The van der Waals surface area contributed by atoms with Gasteiger partial charge in [0.25, 0.3) is 5.91 Å². The van der Waals surface area contributed by atoms with Crippen LogP contribution in [0.5, 0.6) is 5.75 Å². The van der Waals surface area contributed by atoms with Gasteiger partial charge in [-0.3, -0.25) is 4.79 Å². The van der Waals surface area contributed by atoms with E-state index in [9.17, 15) is 4.79 Å². The van der Waals surface area contributed by atoms with E-state index >= 15 is 0 Å². The van der Waals surface area contributed by atoms with Crippen LogP contribution in [0.4, 0.5) is 5.69 Å². The molecule has 1 aliphatic rings. The molecule has 1 aromatic rings. The minimum Gasteiger partial charge on any atom is -0.495 e. The second-order valence-corrected chi connectivity index (χ2v) is 6.09. The number of anilines is 1. The van der Waals surface area contributed by atoms with Gasteiger partial charge in [-0.1, -0.05) is 6.92 Å². The Labute approximate surface area is 137 Å². The molecule has 5 nitrogen and oxygen atoms in total. The first-order valence-electron chi connectivity index (χ1n) is 8.08. The molecule has 0 aliphatic heterocycles. The van der Waals surface area contributed by atoms with Gasteiger partial charge in [0, 0.05) is 12.3 Å². The van der Waals surface area contributed by atoms with Crippen LogP contribution < -0.4 is 10.1 Å². The Morgan fingerprint density at radius 2 is 2.13 bits per heavy atom. The molecule has 1 saturated carbocycles. The fraction of sp³-hybridized carbons (Fsp3) is 0.556. The number of hydrogen-bond donors (Lipinski definition) is 1. The standard InChI is InChI=1S/C18H24N2O3/c1-4-23-18(9-7-13(2)8-10-18)17(21)20-15-5-6-16(22-3)14(11-15)12-19/h5-6,11,13H,4,7-10H2,1-3H3,(H,20,21). The number of rotatable bonds is 5. The number of hydrogen-bond acceptors (Lipinski definition) is 4. The Kier molecular flexibility index (Phi) is 5.62. The summed E-state index contributed by atoms with van der Waals surface area (Å²) in [7, 11) is 1.52. The predicted molar refractivity (Wildman–Crippen MR) is 88.3 cm³/mol. The van der Waals surface area contributed by atoms with Crippen LogP contribution in [-0.2, 0) is 9.53 Å². The van der Waals surface area contributed by atoms with Crippen molar-refractivity contribution in [1.82, 2.24) is 0 Å². The average Bonchev–Trinajstić information content (AvgIpc) is 2.57. The van der Waals surface area contributed by atoms with E-state index in [0.29, 0.717) is 29.5 Å². The van der Waals surface area contributed by atoms with Gasteiger partial charge in [-0.2, -0.15) is 5.26 Å². The molecule has 23 heavy (non-hydrogen) atoms. The van der Waals surface area contributed by atoms with Crippen LogP contribution in [0.25, 0.3) is 0 Å². The number of benzene rings is 1. The van der Waals surface area contributed by atoms with Gasteiger partial charge < -0.3 is 14.8 Å². The third-order valence-corrected chi connectivity index (χ3v) is 4.49. The Morgan fingerprint density at radius 1 is 1.43 bits per heavy atom. The van der Waals surface area contributed by atoms with Crippen LogP contribution in [0, 0.1) is 17.2 Å². The van der Waals surface area contributed by atoms with Crippen LogP contribution in [0.15, 0.2) is 18.2 Å². The summed E-state index contributed by atoms with van der Waals surface area (Å²) >= 11 is 0. The molecule has 0 heterocycles. The maximum atomic E-state index is 12.8. The molecule has 1 aromatic carbocycles. The summed E-state index contributed by atoms with van der Waals surface area (Å²) in [6.07, 6.45) is 3.43. The summed E-state index contributed by atoms with van der Waals surface area (Å²) in [5, 5.41) is 12.1. The third kappa shape index (κ3) is 3.83. The topological polar surface area (TPSA) is 71.3 Å². The highest BCUT2D eigenvalue weighted by Crippen LogP contribution is 2.36. The molecule has 124 valence electrons. The van der Waals surface area contributed by atoms with E-state index in [2.05, 4.69) is 18.3 Å². The lowest BCUT2D eigenvalue weighted by Gasteiger charge is -2.37. The number of methoxy groups -OCH3 is 1. The number of amides is 1. The zero-order valence-corrected chi connectivity index (χ0v) is 14.0. The normalized spacial score (nSPS) is 23.8. The molecule has 1 fully saturated rings. The molecular weight excluding hydrogens is 292 g/mol. The van der Waals surface area contributed by atoms with E-state index in [0.717, 1.165) is 25.7 Å². The lowest BCUT2D eigenvalue weighted by Crippen LogP contribution is -2.48. The lowest BCUT2D eigenvalue weighted by atomic mass is 9.78. The van der Waals surface area contributed by atoms with Gasteiger partial charge >= 0.3 is 0 Å². The molecule has 1 amide bonds. The van der Waals surface area contributed by atoms with Gasteiger partial charge in [0.1, 0.15) is 17.4 Å². The smallest absolute Gasteiger partial charge is 0.256 e. The molecular formula is C18H24N2O3. The fourth-order valence-electron chi connectivity index (χ4n) is 3.06. The van der Waals surface area contributed by atoms with Gasteiger partial charge in [-0.25, -0.2) is 0 Å². The van der Waals surface area contributed by atoms with Crippen LogP contribution in [-0.4, -0.2) is 25.2 Å². The van der Waals surface area contributed by atoms with Crippen molar-refractivity contribution in [3.63, 3.8) is 0 Å². The van der Waals surface area contributed by atoms with E-state index in [1.54, 1.807) is 18.2 Å². The lowest BCUT2D eigenvalue weighted by molar-refractivity contribution is -0.146. The largest absolute Gasteiger partial charge is 0.495 e. The van der Waals surface area contributed by atoms with Crippen molar-refractivity contribution in [2.24, 2.45) is 5.92 Å². The molecule has 0 bridgehead atoms. The summed E-state index contributed by atoms with van der Waals surface area (Å²) < 4.78 is 11.0. The molecule has 0 unspecified atom stereocenters. The van der Waals surface area contributed by atoms with Gasteiger partial charge in [-0.15, -0.1) is 0 Å². The number of nitrogens with one attached hydrogen (secondary N) is 1. The molecule has 0 aromatic heterocycles. The van der Waals surface area contributed by atoms with Crippen molar-refractivity contribution in [2.75, 3.05) is 19.0 Å². The fourth-order valence-corrected chi connectivity index (χ4v) is 3.06. The summed E-state index contributed by atoms with van der Waals surface area (Å²) in [6.45, 7) is 4.62. The highest BCUT2D eigenvalue weighted by molar-refractivity contribution is 5.97. The van der Waals surface area contributed by atoms with E-state index in [1.807, 2.05) is 6.92 Å². The number of nitrogens with zero attached hydrogens (tertiary/aromatic N) is 1. The van der Waals surface area contributed by atoms with E-state index < -0.39 is 5.60 Å². The van der Waals surface area contributed by atoms with Crippen LogP contribution in [0.3, 0.4) is 0 Å². The third-order valence-electron chi connectivity index (χ3n) is 4.49. The Morgan fingerprint density at radius 3 is 2.70 bits per heavy atom. The minimum absolute atomic E-state index is 0.125. The van der Waals surface area contributed by atoms with Gasteiger partial charge in [-0.05, 0) is 56.7 Å².